The van der Waals surface area contributed by atoms with Gasteiger partial charge in [-0.2, -0.15) is 0 Å². The normalized spacial score (nSPS) is 11.0. The zero-order valence-electron chi connectivity index (χ0n) is 18.4. The third-order valence-electron chi connectivity index (χ3n) is 5.01. The van der Waals surface area contributed by atoms with Crippen LogP contribution in [0.5, 0.6) is 11.5 Å². The Bertz CT molecular complexity index is 985. The molecule has 0 fully saturated rings. The van der Waals surface area contributed by atoms with Crippen LogP contribution in [0.1, 0.15) is 41.4 Å². The third kappa shape index (κ3) is 6.08. The fourth-order valence-electron chi connectivity index (χ4n) is 3.18. The Kier molecular flexibility index (Phi) is 7.67. The lowest BCUT2D eigenvalue weighted by molar-refractivity contribution is 0.0945. The van der Waals surface area contributed by atoms with Gasteiger partial charge < -0.3 is 19.2 Å². The number of oxazole rings is 1. The highest BCUT2D eigenvalue weighted by Gasteiger charge is 2.19. The highest BCUT2D eigenvalue weighted by molar-refractivity contribution is 5.91. The summed E-state index contributed by atoms with van der Waals surface area (Å²) in [5.41, 5.74) is 2.30. The first-order valence-electron chi connectivity index (χ1n) is 10.2. The van der Waals surface area contributed by atoms with Gasteiger partial charge in [-0.1, -0.05) is 30.3 Å². The molecule has 1 N–H and O–H groups in total. The Balaban J connectivity index is 1.66. The number of nitrogens with zero attached hydrogens (tertiary/aromatic N) is 2. The summed E-state index contributed by atoms with van der Waals surface area (Å²) in [7, 11) is 3.29. The first kappa shape index (κ1) is 22.4. The molecule has 0 unspecified atom stereocenters. The molecule has 0 aliphatic heterocycles. The lowest BCUT2D eigenvalue weighted by Crippen LogP contribution is -2.30. The van der Waals surface area contributed by atoms with E-state index in [1.165, 1.54) is 6.26 Å². The molecule has 0 aliphatic carbocycles. The van der Waals surface area contributed by atoms with Crippen molar-refractivity contribution in [2.45, 2.75) is 39.5 Å². The molecule has 0 saturated heterocycles. The van der Waals surface area contributed by atoms with Crippen molar-refractivity contribution in [1.29, 1.82) is 0 Å². The Morgan fingerprint density at radius 2 is 1.87 bits per heavy atom. The maximum absolute atomic E-state index is 12.4. The van der Waals surface area contributed by atoms with Crippen molar-refractivity contribution in [2.24, 2.45) is 0 Å². The van der Waals surface area contributed by atoms with Crippen LogP contribution < -0.4 is 14.8 Å². The van der Waals surface area contributed by atoms with Crippen molar-refractivity contribution < 1.29 is 18.7 Å². The van der Waals surface area contributed by atoms with Gasteiger partial charge in [0.05, 0.1) is 20.8 Å². The molecule has 0 saturated carbocycles. The summed E-state index contributed by atoms with van der Waals surface area (Å²) < 4.78 is 16.4. The summed E-state index contributed by atoms with van der Waals surface area (Å²) in [4.78, 5) is 19.0. The van der Waals surface area contributed by atoms with Crippen LogP contribution in [0.2, 0.25) is 0 Å². The smallest absolute Gasteiger partial charge is 0.273 e. The zero-order chi connectivity index (χ0) is 22.2. The predicted octanol–water partition coefficient (Wildman–Crippen LogP) is 4.03. The van der Waals surface area contributed by atoms with Crippen molar-refractivity contribution in [3.63, 3.8) is 0 Å². The number of methoxy groups -OCH3 is 2. The van der Waals surface area contributed by atoms with Gasteiger partial charge in [-0.25, -0.2) is 4.98 Å². The zero-order valence-corrected chi connectivity index (χ0v) is 18.4. The van der Waals surface area contributed by atoms with Gasteiger partial charge in [0.15, 0.2) is 5.69 Å². The number of nitrogens with one attached hydrogen (secondary N) is 1. The van der Waals surface area contributed by atoms with Crippen LogP contribution in [0, 0.1) is 0 Å². The maximum atomic E-state index is 12.4. The first-order chi connectivity index (χ1) is 15.0. The van der Waals surface area contributed by atoms with Crippen molar-refractivity contribution in [2.75, 3.05) is 14.2 Å². The molecule has 3 aromatic rings. The number of rotatable bonds is 10. The van der Waals surface area contributed by atoms with Gasteiger partial charge in [-0.3, -0.25) is 9.69 Å². The monoisotopic (exact) mass is 423 g/mol. The molecule has 0 bridgehead atoms. The summed E-state index contributed by atoms with van der Waals surface area (Å²) in [6.07, 6.45) is 1.40. The third-order valence-corrected chi connectivity index (χ3v) is 5.01. The van der Waals surface area contributed by atoms with Gasteiger partial charge in [0.1, 0.15) is 17.8 Å². The fraction of sp³-hybridized carbons (Fsp3) is 0.333. The standard InChI is InChI=1S/C24H29N3O4/c1-17(2)27(14-19-12-20(29-3)10-11-22(19)30-4)15-23-26-21(16-31-23)24(28)25-13-18-8-6-5-7-9-18/h5-12,16-17H,13-15H2,1-4H3,(H,25,28). The van der Waals surface area contributed by atoms with Crippen LogP contribution in [0.25, 0.3) is 0 Å². The Hall–Kier alpha value is -3.32. The number of aromatic nitrogens is 1. The number of hydrogen-bond donors (Lipinski definition) is 1. The average molecular weight is 424 g/mol. The molecule has 164 valence electrons. The molecule has 31 heavy (non-hydrogen) atoms. The second kappa shape index (κ2) is 10.6. The molecule has 7 heteroatoms. The minimum absolute atomic E-state index is 0.221. The van der Waals surface area contributed by atoms with Crippen LogP contribution in [-0.4, -0.2) is 36.1 Å². The quantitative estimate of drug-likeness (QED) is 0.531. The Morgan fingerprint density at radius 3 is 2.55 bits per heavy atom. The number of hydrogen-bond acceptors (Lipinski definition) is 6. The van der Waals surface area contributed by atoms with Gasteiger partial charge >= 0.3 is 0 Å². The van der Waals surface area contributed by atoms with E-state index in [1.54, 1.807) is 14.2 Å². The van der Waals surface area contributed by atoms with Gasteiger partial charge in [0, 0.05) is 24.7 Å². The summed E-state index contributed by atoms with van der Waals surface area (Å²) in [5.74, 6) is 1.79. The topological polar surface area (TPSA) is 76.8 Å². The van der Waals surface area contributed by atoms with Gasteiger partial charge in [0.2, 0.25) is 5.89 Å². The van der Waals surface area contributed by atoms with Gasteiger partial charge in [0.25, 0.3) is 5.91 Å². The molecule has 7 nitrogen and oxygen atoms in total. The Morgan fingerprint density at radius 1 is 1.10 bits per heavy atom. The van der Waals surface area contributed by atoms with E-state index in [1.807, 2.05) is 48.5 Å². The summed E-state index contributed by atoms with van der Waals surface area (Å²) in [6.45, 7) is 5.72. The summed E-state index contributed by atoms with van der Waals surface area (Å²) in [5, 5.41) is 2.87. The summed E-state index contributed by atoms with van der Waals surface area (Å²) in [6, 6.07) is 15.7. The first-order valence-corrected chi connectivity index (χ1v) is 10.2. The predicted molar refractivity (Wildman–Crippen MR) is 118 cm³/mol. The molecule has 1 amide bonds. The highest BCUT2D eigenvalue weighted by atomic mass is 16.5. The number of benzene rings is 2. The van der Waals surface area contributed by atoms with Gasteiger partial charge in [-0.05, 0) is 37.6 Å². The molecule has 0 spiro atoms. The van der Waals surface area contributed by atoms with Crippen LogP contribution in [0.3, 0.4) is 0 Å². The number of ether oxygens (including phenoxy) is 2. The Labute approximate surface area is 183 Å². The van der Waals surface area contributed by atoms with E-state index in [9.17, 15) is 4.79 Å². The molecule has 1 heterocycles. The molecule has 0 radical (unpaired) electrons. The van der Waals surface area contributed by atoms with E-state index < -0.39 is 0 Å². The van der Waals surface area contributed by atoms with Gasteiger partial charge in [-0.15, -0.1) is 0 Å². The van der Waals surface area contributed by atoms with E-state index in [0.29, 0.717) is 25.5 Å². The average Bonchev–Trinajstić information content (AvgIpc) is 3.26. The molecule has 1 aromatic heterocycles. The minimum Gasteiger partial charge on any atom is -0.497 e. The van der Waals surface area contributed by atoms with Crippen molar-refractivity contribution >= 4 is 5.91 Å². The van der Waals surface area contributed by atoms with Crippen LogP contribution in [0.4, 0.5) is 0 Å². The molecular weight excluding hydrogens is 394 g/mol. The van der Waals surface area contributed by atoms with Crippen molar-refractivity contribution in [3.05, 3.63) is 77.5 Å². The largest absolute Gasteiger partial charge is 0.497 e. The molecular formula is C24H29N3O4. The fourth-order valence-corrected chi connectivity index (χ4v) is 3.18. The molecule has 3 rings (SSSR count). The highest BCUT2D eigenvalue weighted by Crippen LogP contribution is 2.26. The molecule has 0 atom stereocenters. The number of amides is 1. The number of carbonyl (C=O) groups is 1. The second-order valence-electron chi connectivity index (χ2n) is 7.47. The van der Waals surface area contributed by atoms with E-state index in [2.05, 4.69) is 29.0 Å². The number of carbonyl (C=O) groups excluding carboxylic acids is 1. The van der Waals surface area contributed by atoms with E-state index in [-0.39, 0.29) is 17.6 Å². The van der Waals surface area contributed by atoms with Crippen molar-refractivity contribution in [3.8, 4) is 11.5 Å². The van der Waals surface area contributed by atoms with Crippen molar-refractivity contribution in [1.82, 2.24) is 15.2 Å². The van der Waals surface area contributed by atoms with E-state index in [0.717, 1.165) is 22.6 Å². The van der Waals surface area contributed by atoms with Crippen LogP contribution in [-0.2, 0) is 19.6 Å². The van der Waals surface area contributed by atoms with E-state index in [4.69, 9.17) is 13.9 Å². The minimum atomic E-state index is -0.260. The lowest BCUT2D eigenvalue weighted by Gasteiger charge is -2.26. The molecule has 0 aliphatic rings. The summed E-state index contributed by atoms with van der Waals surface area (Å²) >= 11 is 0. The maximum Gasteiger partial charge on any atom is 0.273 e. The second-order valence-corrected chi connectivity index (χ2v) is 7.47. The van der Waals surface area contributed by atoms with E-state index >= 15 is 0 Å². The van der Waals surface area contributed by atoms with Crippen LogP contribution in [0.15, 0.2) is 59.2 Å². The molecule has 2 aromatic carbocycles. The lowest BCUT2D eigenvalue weighted by atomic mass is 10.1. The SMILES string of the molecule is COc1ccc(OC)c(CN(Cc2nc(C(=O)NCc3ccccc3)co2)C(C)C)c1. The van der Waals surface area contributed by atoms with Crippen LogP contribution >= 0.6 is 0 Å².